The molecular formula is C61H83BrClN9O17. The Morgan fingerprint density at radius 3 is 2.42 bits per heavy atom. The number of ether oxygens (including phenoxy) is 6. The molecule has 9 N–H and O–H groups in total. The van der Waals surface area contributed by atoms with E-state index in [9.17, 15) is 53.1 Å². The van der Waals surface area contributed by atoms with Crippen LogP contribution in [0.3, 0.4) is 0 Å². The zero-order valence-corrected chi connectivity index (χ0v) is 54.1. The number of amides is 8. The van der Waals surface area contributed by atoms with Crippen molar-refractivity contribution in [1.29, 1.82) is 0 Å². The highest BCUT2D eigenvalue weighted by molar-refractivity contribution is 9.09. The molecule has 2 fully saturated rings. The van der Waals surface area contributed by atoms with Gasteiger partial charge >= 0.3 is 24.1 Å². The highest BCUT2D eigenvalue weighted by Crippen LogP contribution is 2.47. The molecule has 89 heavy (non-hydrogen) atoms. The molecule has 4 bridgehead atoms. The van der Waals surface area contributed by atoms with E-state index in [1.54, 1.807) is 45.1 Å². The lowest BCUT2D eigenvalue weighted by Gasteiger charge is -2.40. The zero-order chi connectivity index (χ0) is 66.1. The van der Waals surface area contributed by atoms with Crippen molar-refractivity contribution in [1.82, 2.24) is 31.5 Å². The summed E-state index contributed by atoms with van der Waals surface area (Å²) in [6.07, 6.45) is 1.80. The van der Waals surface area contributed by atoms with Gasteiger partial charge in [-0.3, -0.25) is 34.6 Å². The van der Waals surface area contributed by atoms with Gasteiger partial charge in [-0.25, -0.2) is 19.2 Å². The van der Waals surface area contributed by atoms with Crippen LogP contribution in [0.2, 0.25) is 5.02 Å². The maximum atomic E-state index is 14.5. The zero-order valence-electron chi connectivity index (χ0n) is 51.8. The van der Waals surface area contributed by atoms with E-state index < -0.39 is 126 Å². The van der Waals surface area contributed by atoms with Gasteiger partial charge in [0, 0.05) is 64.1 Å². The first-order valence-corrected chi connectivity index (χ1v) is 30.5. The Morgan fingerprint density at radius 2 is 1.78 bits per heavy atom. The lowest BCUT2D eigenvalue weighted by Crippen LogP contribution is -2.62. The molecule has 2 aromatic rings. The van der Waals surface area contributed by atoms with Crippen LogP contribution in [0, 0.1) is 5.92 Å². The highest BCUT2D eigenvalue weighted by atomic mass is 79.9. The molecular weight excluding hydrogens is 1250 g/mol. The Balaban J connectivity index is 1.38. The lowest BCUT2D eigenvalue weighted by molar-refractivity contribution is -0.158. The number of primary amides is 1. The van der Waals surface area contributed by atoms with Gasteiger partial charge in [-0.2, -0.15) is 0 Å². The molecule has 1 unspecified atom stereocenters. The van der Waals surface area contributed by atoms with Gasteiger partial charge in [0.15, 0.2) is 5.72 Å². The number of alkyl carbamates (subject to hydrolysis) is 1. The Kier molecular flexibility index (Phi) is 26.7. The predicted molar refractivity (Wildman–Crippen MR) is 332 cm³/mol. The van der Waals surface area contributed by atoms with Gasteiger partial charge in [0.2, 0.25) is 17.7 Å². The minimum atomic E-state index is -1.92. The lowest BCUT2D eigenvalue weighted by atomic mass is 9.90. The van der Waals surface area contributed by atoms with Crippen LogP contribution in [-0.2, 0) is 58.9 Å². The topological polar surface area (TPSA) is 354 Å². The molecule has 5 rings (SSSR count). The predicted octanol–water partition coefficient (Wildman–Crippen LogP) is 4.66. The van der Waals surface area contributed by atoms with Crippen molar-refractivity contribution in [3.63, 3.8) is 0 Å². The SMILES string of the molecule is C=C(CBr)C(=O)OCCCCC(C=O)N[C@H](C(=O)N[C@@H](CCCNC(N)=O)C(=O)Nc1ccc(C(=O)N(C)[C@@H](C)C(=O)O[C@H]2CC(=O)N(C)c3cc(cc(OC)c3Cl)C/C(C)=C/C=C/[C@@H](OC)[C@@]3(O)C[C@@H](C[C@@H]4O[C@@]24C)OC(=O)N3)cc1C(=O)NC)C(C)C. The number of aliphatic hydroxyl groups is 1. The summed E-state index contributed by atoms with van der Waals surface area (Å²) < 4.78 is 34.5. The van der Waals surface area contributed by atoms with E-state index in [0.717, 1.165) is 16.0 Å². The number of fused-ring (bicyclic) bond motifs is 5. The number of anilines is 2. The first-order chi connectivity index (χ1) is 42.0. The molecule has 0 radical (unpaired) electrons. The molecule has 3 heterocycles. The summed E-state index contributed by atoms with van der Waals surface area (Å²) in [5, 5.41) is 28.1. The summed E-state index contributed by atoms with van der Waals surface area (Å²) in [7, 11) is 6.98. The van der Waals surface area contributed by atoms with Gasteiger partial charge in [-0.15, -0.1) is 0 Å². The van der Waals surface area contributed by atoms with Gasteiger partial charge in [0.1, 0.15) is 53.1 Å². The standard InChI is InChI=1S/C61H83BrClN9O17/c1-33(2)51(67-39(32-73)17-12-13-23-86-56(79)35(4)31-62)54(77)69-43(18-15-22-66-58(64)81)53(76)68-42-21-20-38(27-41(42)52(75)65-7)55(78)71(8)36(5)57(80)88-47-29-49(74)72(9)44-25-37(26-45(84-10)50(44)63)24-34(3)16-14-19-46(85-11)61(83)30-40(87-59(82)70-61)28-48-60(47,6)89-48/h14,16,19-21,25-27,32-33,36,39-40,43,46-48,51,67,83H,4,12-13,15,17-18,22-24,28-31H2,1-3,5-11H3,(H,65,75)(H,68,76)(H,69,77)(H,70,82)(H3,64,66,81)/b19-14+,34-16+/t36-,39?,40+,43-,46+,47-,48-,51-,60-,61-/m0/s1. The summed E-state index contributed by atoms with van der Waals surface area (Å²) >= 11 is 10.00. The van der Waals surface area contributed by atoms with Crippen molar-refractivity contribution in [2.75, 3.05) is 64.1 Å². The van der Waals surface area contributed by atoms with Gasteiger partial charge in [0.05, 0.1) is 55.3 Å². The number of rotatable bonds is 26. The molecule has 0 spiro atoms. The number of allylic oxidation sites excluding steroid dienone is 3. The van der Waals surface area contributed by atoms with Crippen LogP contribution in [0.25, 0.3) is 0 Å². The third-order valence-electron chi connectivity index (χ3n) is 15.7. The first-order valence-electron chi connectivity index (χ1n) is 29.0. The van der Waals surface area contributed by atoms with Crippen molar-refractivity contribution < 1.29 is 81.5 Å². The Labute approximate surface area is 531 Å². The van der Waals surface area contributed by atoms with Gasteiger partial charge in [-0.1, -0.05) is 71.8 Å². The maximum absolute atomic E-state index is 14.5. The summed E-state index contributed by atoms with van der Waals surface area (Å²) in [4.78, 5) is 136. The van der Waals surface area contributed by atoms with Crippen LogP contribution in [0.15, 0.2) is 66.3 Å². The van der Waals surface area contributed by atoms with Gasteiger partial charge in [0.25, 0.3) is 11.8 Å². The van der Waals surface area contributed by atoms with Crippen LogP contribution in [0.5, 0.6) is 5.75 Å². The summed E-state index contributed by atoms with van der Waals surface area (Å²) in [6, 6.07) is 2.05. The Bertz CT molecular complexity index is 3040. The second kappa shape index (κ2) is 32.9. The van der Waals surface area contributed by atoms with Crippen molar-refractivity contribution >= 4 is 98.8 Å². The number of urea groups is 1. The first kappa shape index (κ1) is 72.3. The molecule has 0 saturated carbocycles. The van der Waals surface area contributed by atoms with Crippen molar-refractivity contribution in [2.45, 2.75) is 152 Å². The van der Waals surface area contributed by atoms with E-state index >= 15 is 0 Å². The molecule has 10 atom stereocenters. The van der Waals surface area contributed by atoms with Crippen LogP contribution in [0.1, 0.15) is 112 Å². The molecule has 2 saturated heterocycles. The normalized spacial score (nSPS) is 23.2. The smallest absolute Gasteiger partial charge is 0.409 e. The summed E-state index contributed by atoms with van der Waals surface area (Å²) in [5.41, 5.74) is 3.73. The monoisotopic (exact) mass is 1330 g/mol. The molecule has 488 valence electrons. The third-order valence-corrected chi connectivity index (χ3v) is 16.8. The number of hydrogen-bond donors (Lipinski definition) is 8. The molecule has 2 aromatic carbocycles. The summed E-state index contributed by atoms with van der Waals surface area (Å²) in [6.45, 7) is 12.1. The fourth-order valence-corrected chi connectivity index (χ4v) is 10.7. The quantitative estimate of drug-likeness (QED) is 0.0121. The number of esters is 2. The highest BCUT2D eigenvalue weighted by Gasteiger charge is 2.62. The average molecular weight is 1330 g/mol. The fraction of sp³-hybridized carbons (Fsp3) is 0.541. The molecule has 3 aliphatic rings. The molecule has 28 heteroatoms. The number of aldehydes is 1. The molecule has 8 amide bonds. The number of carbonyl (C=O) groups excluding carboxylic acids is 10. The minimum Gasteiger partial charge on any atom is -0.495 e. The van der Waals surface area contributed by atoms with E-state index in [2.05, 4.69) is 54.4 Å². The number of unbranched alkanes of at least 4 members (excludes halogenated alkanes) is 1. The molecule has 3 aliphatic heterocycles. The number of carbonyl (C=O) groups is 10. The number of hydrogen-bond acceptors (Lipinski definition) is 18. The minimum absolute atomic E-state index is 0.00439. The Hall–Kier alpha value is -7.43. The fourth-order valence-electron chi connectivity index (χ4n) is 10.2. The number of halogens is 2. The second-order valence-electron chi connectivity index (χ2n) is 22.7. The second-order valence-corrected chi connectivity index (χ2v) is 23.6. The molecule has 26 nitrogen and oxygen atoms in total. The van der Waals surface area contributed by atoms with Crippen LogP contribution in [0.4, 0.5) is 21.0 Å². The maximum Gasteiger partial charge on any atom is 0.409 e. The number of alkyl halides is 1. The Morgan fingerprint density at radius 1 is 1.06 bits per heavy atom. The largest absolute Gasteiger partial charge is 0.495 e. The van der Waals surface area contributed by atoms with Gasteiger partial charge < -0.3 is 75.1 Å². The number of nitrogens with zero attached hydrogens (tertiary/aromatic N) is 2. The number of methoxy groups -OCH3 is 2. The van der Waals surface area contributed by atoms with E-state index in [0.29, 0.717) is 37.7 Å². The number of nitrogens with two attached hydrogens (primary N) is 1. The van der Waals surface area contributed by atoms with Crippen LogP contribution < -0.4 is 47.3 Å². The van der Waals surface area contributed by atoms with Crippen LogP contribution >= 0.6 is 27.5 Å². The molecule has 0 aromatic heterocycles. The van der Waals surface area contributed by atoms with Crippen molar-refractivity contribution in [3.8, 4) is 5.75 Å². The van der Waals surface area contributed by atoms with Crippen molar-refractivity contribution in [2.24, 2.45) is 11.7 Å². The average Bonchev–Trinajstić information content (AvgIpc) is 1.90. The van der Waals surface area contributed by atoms with E-state index in [-0.39, 0.29) is 77.3 Å². The van der Waals surface area contributed by atoms with E-state index in [1.165, 1.54) is 65.4 Å². The number of epoxide rings is 1. The summed E-state index contributed by atoms with van der Waals surface area (Å²) in [5.74, 6) is -5.10. The number of benzene rings is 2. The van der Waals surface area contributed by atoms with E-state index in [4.69, 9.17) is 45.8 Å². The number of likely N-dealkylation sites (N-methyl/N-ethyl adjacent to an activating group) is 1. The molecule has 0 aliphatic carbocycles. The van der Waals surface area contributed by atoms with Crippen molar-refractivity contribution in [3.05, 3.63) is 88.0 Å². The number of nitrogens with one attached hydrogen (secondary N) is 6. The van der Waals surface area contributed by atoms with E-state index in [1.807, 2.05) is 13.0 Å². The van der Waals surface area contributed by atoms with Gasteiger partial charge in [-0.05, 0) is 101 Å². The van der Waals surface area contributed by atoms with Crippen LogP contribution in [-0.4, -0.2) is 184 Å². The third kappa shape index (κ3) is 19.5.